The molecule has 0 aliphatic heterocycles. The van der Waals surface area contributed by atoms with Gasteiger partial charge in [-0.15, -0.1) is 11.3 Å². The van der Waals surface area contributed by atoms with Crippen LogP contribution in [0, 0.1) is 20.8 Å². The van der Waals surface area contributed by atoms with Gasteiger partial charge in [0, 0.05) is 5.56 Å². The predicted molar refractivity (Wildman–Crippen MR) is 87.9 cm³/mol. The zero-order valence-corrected chi connectivity index (χ0v) is 13.5. The van der Waals surface area contributed by atoms with Gasteiger partial charge in [0.15, 0.2) is 0 Å². The second kappa shape index (κ2) is 5.77. The van der Waals surface area contributed by atoms with Crippen molar-refractivity contribution in [1.29, 1.82) is 0 Å². The van der Waals surface area contributed by atoms with E-state index >= 15 is 0 Å². The second-order valence-corrected chi connectivity index (χ2v) is 6.10. The number of rotatable bonds is 3. The Bertz CT molecular complexity index is 789. The van der Waals surface area contributed by atoms with Gasteiger partial charge in [-0.3, -0.25) is 4.79 Å². The number of carbonyl (C=O) groups excluding carboxylic acids is 1. The number of benzene rings is 1. The molecule has 0 saturated carbocycles. The van der Waals surface area contributed by atoms with Gasteiger partial charge in [-0.1, -0.05) is 28.9 Å². The van der Waals surface area contributed by atoms with Gasteiger partial charge in [0.1, 0.15) is 0 Å². The molecule has 3 aromatic rings. The number of aryl methyl sites for hydroxylation is 2. The lowest BCUT2D eigenvalue weighted by molar-refractivity contribution is 0.0998. The second-order valence-electron chi connectivity index (χ2n) is 5.15. The molecular formula is C17H16N2O2S. The maximum atomic E-state index is 12.9. The summed E-state index contributed by atoms with van der Waals surface area (Å²) in [5, 5.41) is 5.87. The molecule has 0 fully saturated rings. The minimum Gasteiger partial charge on any atom is -0.337 e. The molecule has 112 valence electrons. The van der Waals surface area contributed by atoms with Gasteiger partial charge in [-0.05, 0) is 44.4 Å². The highest BCUT2D eigenvalue weighted by Crippen LogP contribution is 2.32. The third kappa shape index (κ3) is 2.55. The first kappa shape index (κ1) is 14.5. The summed E-state index contributed by atoms with van der Waals surface area (Å²) in [4.78, 5) is 15.1. The van der Waals surface area contributed by atoms with Crippen LogP contribution in [-0.4, -0.2) is 11.1 Å². The van der Waals surface area contributed by atoms with Crippen LogP contribution in [0.1, 0.15) is 26.5 Å². The van der Waals surface area contributed by atoms with E-state index in [0.29, 0.717) is 10.8 Å². The van der Waals surface area contributed by atoms with Crippen molar-refractivity contribution in [2.75, 3.05) is 4.90 Å². The zero-order chi connectivity index (χ0) is 15.7. The highest BCUT2D eigenvalue weighted by atomic mass is 32.1. The predicted octanol–water partition coefficient (Wildman–Crippen LogP) is 4.64. The zero-order valence-electron chi connectivity index (χ0n) is 12.7. The lowest BCUT2D eigenvalue weighted by atomic mass is 10.2. The number of hydrogen-bond acceptors (Lipinski definition) is 4. The molecule has 0 radical (unpaired) electrons. The van der Waals surface area contributed by atoms with Crippen molar-refractivity contribution in [3.63, 3.8) is 0 Å². The van der Waals surface area contributed by atoms with Gasteiger partial charge >= 0.3 is 0 Å². The molecule has 0 bridgehead atoms. The highest BCUT2D eigenvalue weighted by molar-refractivity contribution is 7.12. The summed E-state index contributed by atoms with van der Waals surface area (Å²) in [6.07, 6.45) is 0. The maximum absolute atomic E-state index is 12.9. The molecule has 2 aromatic heterocycles. The van der Waals surface area contributed by atoms with Crippen molar-refractivity contribution in [2.45, 2.75) is 20.8 Å². The molecule has 1 amide bonds. The molecule has 22 heavy (non-hydrogen) atoms. The number of anilines is 2. The van der Waals surface area contributed by atoms with Gasteiger partial charge in [-0.2, -0.15) is 0 Å². The molecule has 0 unspecified atom stereocenters. The van der Waals surface area contributed by atoms with E-state index in [2.05, 4.69) is 5.16 Å². The number of aromatic nitrogens is 1. The Morgan fingerprint density at radius 1 is 1.14 bits per heavy atom. The van der Waals surface area contributed by atoms with E-state index in [1.807, 2.05) is 62.5 Å². The largest absolute Gasteiger partial charge is 0.337 e. The summed E-state index contributed by atoms with van der Waals surface area (Å²) in [6, 6.07) is 11.5. The summed E-state index contributed by atoms with van der Waals surface area (Å²) in [5.41, 5.74) is 3.55. The van der Waals surface area contributed by atoms with E-state index in [0.717, 1.165) is 22.5 Å². The van der Waals surface area contributed by atoms with E-state index in [9.17, 15) is 4.79 Å². The van der Waals surface area contributed by atoms with E-state index < -0.39 is 0 Å². The van der Waals surface area contributed by atoms with Crippen LogP contribution in [0.4, 0.5) is 11.6 Å². The van der Waals surface area contributed by atoms with Crippen LogP contribution in [0.15, 0.2) is 46.3 Å². The van der Waals surface area contributed by atoms with Crippen molar-refractivity contribution in [1.82, 2.24) is 5.16 Å². The third-order valence-corrected chi connectivity index (χ3v) is 4.42. The molecule has 3 rings (SSSR count). The molecule has 1 aromatic carbocycles. The monoisotopic (exact) mass is 312 g/mol. The number of thiophene rings is 1. The topological polar surface area (TPSA) is 46.3 Å². The Morgan fingerprint density at radius 2 is 1.86 bits per heavy atom. The lowest BCUT2D eigenvalue weighted by Crippen LogP contribution is -2.25. The summed E-state index contributed by atoms with van der Waals surface area (Å²) < 4.78 is 5.42. The van der Waals surface area contributed by atoms with Crippen molar-refractivity contribution < 1.29 is 9.32 Å². The minimum atomic E-state index is -0.113. The molecule has 2 heterocycles. The molecule has 0 aliphatic rings. The first-order valence-electron chi connectivity index (χ1n) is 6.95. The fourth-order valence-corrected chi connectivity index (χ4v) is 2.80. The van der Waals surface area contributed by atoms with E-state index in [-0.39, 0.29) is 5.91 Å². The summed E-state index contributed by atoms with van der Waals surface area (Å²) in [5.74, 6) is 0.359. The van der Waals surface area contributed by atoms with Crippen molar-refractivity contribution in [3.05, 3.63) is 63.5 Å². The van der Waals surface area contributed by atoms with Gasteiger partial charge in [0.05, 0.1) is 16.3 Å². The fraction of sp³-hybridized carbons (Fsp3) is 0.176. The molecule has 0 spiro atoms. The van der Waals surface area contributed by atoms with Crippen molar-refractivity contribution in [2.24, 2.45) is 0 Å². The molecule has 4 nitrogen and oxygen atoms in total. The molecule has 0 N–H and O–H groups in total. The van der Waals surface area contributed by atoms with Crippen molar-refractivity contribution in [3.8, 4) is 0 Å². The van der Waals surface area contributed by atoms with Gasteiger partial charge in [-0.25, -0.2) is 4.90 Å². The van der Waals surface area contributed by atoms with Crippen LogP contribution >= 0.6 is 11.3 Å². The minimum absolute atomic E-state index is 0.113. The number of amides is 1. The summed E-state index contributed by atoms with van der Waals surface area (Å²) in [7, 11) is 0. The van der Waals surface area contributed by atoms with Crippen LogP contribution < -0.4 is 4.90 Å². The average molecular weight is 312 g/mol. The van der Waals surface area contributed by atoms with Crippen LogP contribution in [0.2, 0.25) is 0 Å². The molecular weight excluding hydrogens is 296 g/mol. The number of hydrogen-bond donors (Lipinski definition) is 0. The van der Waals surface area contributed by atoms with Gasteiger partial charge in [0.2, 0.25) is 5.88 Å². The van der Waals surface area contributed by atoms with E-state index in [1.54, 1.807) is 4.90 Å². The number of nitrogens with zero attached hydrogens (tertiary/aromatic N) is 2. The number of carbonyl (C=O) groups is 1. The Hall–Kier alpha value is -2.40. The van der Waals surface area contributed by atoms with Crippen LogP contribution in [0.25, 0.3) is 0 Å². The normalized spacial score (nSPS) is 10.7. The van der Waals surface area contributed by atoms with Crippen LogP contribution in [0.3, 0.4) is 0 Å². The van der Waals surface area contributed by atoms with Gasteiger partial charge in [0.25, 0.3) is 5.91 Å². The highest BCUT2D eigenvalue weighted by Gasteiger charge is 2.26. The molecule has 0 atom stereocenters. The van der Waals surface area contributed by atoms with Crippen LogP contribution in [-0.2, 0) is 0 Å². The Morgan fingerprint density at radius 3 is 2.41 bits per heavy atom. The molecule has 0 aliphatic carbocycles. The maximum Gasteiger partial charge on any atom is 0.275 e. The SMILES string of the molecule is Cc1ccc(N(C(=O)c2cccs2)c2onc(C)c2C)cc1. The molecule has 0 saturated heterocycles. The fourth-order valence-electron chi connectivity index (χ4n) is 2.14. The smallest absolute Gasteiger partial charge is 0.275 e. The summed E-state index contributed by atoms with van der Waals surface area (Å²) >= 11 is 1.41. The lowest BCUT2D eigenvalue weighted by Gasteiger charge is -2.20. The standard InChI is InChI=1S/C17H16N2O2S/c1-11-6-8-14(9-7-11)19(16(20)15-5-4-10-22-15)17-12(2)13(3)18-21-17/h4-10H,1-3H3. The molecule has 5 heteroatoms. The Balaban J connectivity index is 2.12. The first-order chi connectivity index (χ1) is 10.6. The van der Waals surface area contributed by atoms with Crippen LogP contribution in [0.5, 0.6) is 0 Å². The van der Waals surface area contributed by atoms with E-state index in [4.69, 9.17) is 4.52 Å². The Kier molecular flexibility index (Phi) is 3.81. The van der Waals surface area contributed by atoms with E-state index in [1.165, 1.54) is 11.3 Å². The van der Waals surface area contributed by atoms with Gasteiger partial charge < -0.3 is 4.52 Å². The third-order valence-electron chi connectivity index (χ3n) is 3.56. The first-order valence-corrected chi connectivity index (χ1v) is 7.83. The Labute approximate surface area is 133 Å². The quantitative estimate of drug-likeness (QED) is 0.708. The summed E-state index contributed by atoms with van der Waals surface area (Å²) in [6.45, 7) is 5.79. The van der Waals surface area contributed by atoms with Crippen molar-refractivity contribution >= 4 is 28.8 Å². The average Bonchev–Trinajstić information content (AvgIpc) is 3.15.